The monoisotopic (exact) mass is 517 g/mol. The van der Waals surface area contributed by atoms with E-state index in [0.29, 0.717) is 10.8 Å². The first-order valence-electron chi connectivity index (χ1n) is 12.2. The van der Waals surface area contributed by atoms with Crippen LogP contribution in [0.1, 0.15) is 34.0 Å². The van der Waals surface area contributed by atoms with E-state index < -0.39 is 12.0 Å². The minimum absolute atomic E-state index is 0.0185. The number of hydrogen-bond acceptors (Lipinski definition) is 4. The Balaban J connectivity index is 1.44. The summed E-state index contributed by atoms with van der Waals surface area (Å²) in [7, 11) is 1.58. The van der Waals surface area contributed by atoms with Crippen LogP contribution in [0.2, 0.25) is 5.02 Å². The zero-order valence-corrected chi connectivity index (χ0v) is 21.1. The van der Waals surface area contributed by atoms with Crippen molar-refractivity contribution in [1.82, 2.24) is 15.6 Å². The Labute approximate surface area is 219 Å². The molecule has 2 heterocycles. The summed E-state index contributed by atoms with van der Waals surface area (Å²) < 4.78 is 5.44. The van der Waals surface area contributed by atoms with E-state index in [0.717, 1.165) is 46.3 Å². The molecule has 1 aliphatic heterocycles. The van der Waals surface area contributed by atoms with Crippen LogP contribution in [0, 0.1) is 0 Å². The summed E-state index contributed by atoms with van der Waals surface area (Å²) in [6, 6.07) is 19.6. The molecule has 0 bridgehead atoms. The molecule has 8 heteroatoms. The van der Waals surface area contributed by atoms with Crippen LogP contribution < -0.4 is 15.4 Å². The van der Waals surface area contributed by atoms with Gasteiger partial charge in [-0.3, -0.25) is 4.79 Å². The quantitative estimate of drug-likeness (QED) is 0.277. The van der Waals surface area contributed by atoms with Crippen molar-refractivity contribution in [3.8, 4) is 5.75 Å². The molecule has 4 aromatic rings. The van der Waals surface area contributed by atoms with E-state index in [-0.39, 0.29) is 24.8 Å². The van der Waals surface area contributed by atoms with Gasteiger partial charge in [-0.05, 0) is 59.0 Å². The molecule has 1 amide bonds. The van der Waals surface area contributed by atoms with Crippen molar-refractivity contribution in [1.29, 1.82) is 0 Å². The van der Waals surface area contributed by atoms with Gasteiger partial charge < -0.3 is 25.5 Å². The van der Waals surface area contributed by atoms with E-state index in [2.05, 4.69) is 15.6 Å². The molecule has 1 aliphatic rings. The van der Waals surface area contributed by atoms with Crippen molar-refractivity contribution in [2.75, 3.05) is 13.7 Å². The third kappa shape index (κ3) is 5.33. The summed E-state index contributed by atoms with van der Waals surface area (Å²) in [5.41, 5.74) is 5.81. The molecular weight excluding hydrogens is 490 g/mol. The van der Waals surface area contributed by atoms with Gasteiger partial charge in [0.05, 0.1) is 19.6 Å². The number of benzene rings is 3. The number of hydrogen-bond donors (Lipinski definition) is 4. The van der Waals surface area contributed by atoms with Gasteiger partial charge in [0.2, 0.25) is 5.91 Å². The number of aromatic nitrogens is 1. The number of halogens is 1. The summed E-state index contributed by atoms with van der Waals surface area (Å²) in [5.74, 6) is -0.805. The number of rotatable bonds is 8. The number of amides is 1. The molecule has 7 nitrogen and oxygen atoms in total. The topological polar surface area (TPSA) is 103 Å². The van der Waals surface area contributed by atoms with E-state index in [1.54, 1.807) is 7.11 Å². The molecular formula is C29H28ClN3O4. The number of carboxylic acids is 1. The van der Waals surface area contributed by atoms with Crippen LogP contribution in [0.25, 0.3) is 10.9 Å². The van der Waals surface area contributed by atoms with Crippen LogP contribution in [0.5, 0.6) is 5.75 Å². The smallest absolute Gasteiger partial charge is 0.326 e. The van der Waals surface area contributed by atoms with Crippen LogP contribution in [0.4, 0.5) is 0 Å². The van der Waals surface area contributed by atoms with Gasteiger partial charge in [0.15, 0.2) is 0 Å². The Morgan fingerprint density at radius 2 is 1.95 bits per heavy atom. The highest BCUT2D eigenvalue weighted by atomic mass is 35.5. The predicted octanol–water partition coefficient (Wildman–Crippen LogP) is 4.42. The Bertz CT molecular complexity index is 1450. The number of carbonyl (C=O) groups excluding carboxylic acids is 1. The predicted molar refractivity (Wildman–Crippen MR) is 143 cm³/mol. The Hall–Kier alpha value is -3.81. The molecule has 0 saturated carbocycles. The van der Waals surface area contributed by atoms with Crippen molar-refractivity contribution >= 4 is 34.4 Å². The Morgan fingerprint density at radius 1 is 1.14 bits per heavy atom. The van der Waals surface area contributed by atoms with E-state index in [1.165, 1.54) is 5.56 Å². The number of H-pyrrole nitrogens is 1. The van der Waals surface area contributed by atoms with E-state index in [9.17, 15) is 14.7 Å². The van der Waals surface area contributed by atoms with Crippen molar-refractivity contribution in [3.05, 3.63) is 99.7 Å². The molecule has 0 saturated heterocycles. The van der Waals surface area contributed by atoms with Gasteiger partial charge in [0.1, 0.15) is 11.8 Å². The number of ether oxygens (including phenoxy) is 1. The first-order valence-corrected chi connectivity index (χ1v) is 12.6. The Kier molecular flexibility index (Phi) is 7.17. The molecule has 0 spiro atoms. The number of carbonyl (C=O) groups is 2. The van der Waals surface area contributed by atoms with Gasteiger partial charge in [0, 0.05) is 34.6 Å². The molecule has 0 aliphatic carbocycles. The van der Waals surface area contributed by atoms with Gasteiger partial charge in [-0.25, -0.2) is 4.79 Å². The molecule has 2 atom stereocenters. The Morgan fingerprint density at radius 3 is 2.70 bits per heavy atom. The number of fused-ring (bicyclic) bond motifs is 3. The summed E-state index contributed by atoms with van der Waals surface area (Å²) in [6.07, 6.45) is 1.08. The fourth-order valence-corrected chi connectivity index (χ4v) is 5.25. The van der Waals surface area contributed by atoms with Crippen LogP contribution in [-0.2, 0) is 28.9 Å². The minimum atomic E-state index is -1.07. The number of carboxylic acid groups (broad SMARTS) is 1. The second-order valence-electron chi connectivity index (χ2n) is 9.23. The summed E-state index contributed by atoms with van der Waals surface area (Å²) in [4.78, 5) is 28.6. The molecule has 0 fully saturated rings. The summed E-state index contributed by atoms with van der Waals surface area (Å²) in [6.45, 7) is 0.771. The highest BCUT2D eigenvalue weighted by Crippen LogP contribution is 2.36. The van der Waals surface area contributed by atoms with Gasteiger partial charge in [-0.15, -0.1) is 0 Å². The average molecular weight is 518 g/mol. The maximum absolute atomic E-state index is 13.1. The normalized spacial score (nSPS) is 15.7. The molecule has 0 radical (unpaired) electrons. The van der Waals surface area contributed by atoms with Crippen LogP contribution in [-0.4, -0.2) is 41.7 Å². The molecule has 0 unspecified atom stereocenters. The molecule has 190 valence electrons. The van der Waals surface area contributed by atoms with Crippen LogP contribution in [0.3, 0.4) is 0 Å². The first kappa shape index (κ1) is 24.9. The fraction of sp³-hybridized carbons (Fsp3) is 0.241. The minimum Gasteiger partial charge on any atom is -0.497 e. The zero-order valence-electron chi connectivity index (χ0n) is 20.4. The number of nitrogens with one attached hydrogen (secondary N) is 3. The fourth-order valence-electron chi connectivity index (χ4n) is 5.08. The molecule has 3 aromatic carbocycles. The SMILES string of the molecule is COc1ccc([C@@H]2NCCc3c2[nH]c2ccc(Cl)cc32)c(CC(=O)N[C@@H](Cc2ccccc2)C(=O)O)c1. The number of methoxy groups -OCH3 is 1. The van der Waals surface area contributed by atoms with Crippen molar-refractivity contribution in [3.63, 3.8) is 0 Å². The van der Waals surface area contributed by atoms with Crippen molar-refractivity contribution < 1.29 is 19.4 Å². The van der Waals surface area contributed by atoms with Gasteiger partial charge in [-0.1, -0.05) is 48.0 Å². The maximum atomic E-state index is 13.1. The molecule has 5 rings (SSSR count). The van der Waals surface area contributed by atoms with Crippen LogP contribution in [0.15, 0.2) is 66.7 Å². The second kappa shape index (κ2) is 10.7. The highest BCUT2D eigenvalue weighted by Gasteiger charge is 2.28. The van der Waals surface area contributed by atoms with Crippen molar-refractivity contribution in [2.24, 2.45) is 0 Å². The van der Waals surface area contributed by atoms with Gasteiger partial charge in [0.25, 0.3) is 0 Å². The maximum Gasteiger partial charge on any atom is 0.326 e. The average Bonchev–Trinajstić information content (AvgIpc) is 3.27. The van der Waals surface area contributed by atoms with E-state index in [1.807, 2.05) is 66.7 Å². The van der Waals surface area contributed by atoms with E-state index >= 15 is 0 Å². The lowest BCUT2D eigenvalue weighted by Crippen LogP contribution is -2.43. The largest absolute Gasteiger partial charge is 0.497 e. The third-order valence-corrected chi connectivity index (χ3v) is 7.08. The molecule has 4 N–H and O–H groups in total. The summed E-state index contributed by atoms with van der Waals surface area (Å²) >= 11 is 6.27. The second-order valence-corrected chi connectivity index (χ2v) is 9.67. The highest BCUT2D eigenvalue weighted by molar-refractivity contribution is 6.31. The molecule has 1 aromatic heterocycles. The number of aliphatic carboxylic acids is 1. The van der Waals surface area contributed by atoms with Crippen LogP contribution >= 0.6 is 11.6 Å². The number of aromatic amines is 1. The lowest BCUT2D eigenvalue weighted by Gasteiger charge is -2.27. The molecule has 37 heavy (non-hydrogen) atoms. The van der Waals surface area contributed by atoms with Gasteiger partial charge >= 0.3 is 5.97 Å². The summed E-state index contributed by atoms with van der Waals surface area (Å²) in [5, 5.41) is 17.8. The van der Waals surface area contributed by atoms with E-state index in [4.69, 9.17) is 16.3 Å². The zero-order chi connectivity index (χ0) is 25.9. The lowest BCUT2D eigenvalue weighted by molar-refractivity contribution is -0.141. The van der Waals surface area contributed by atoms with Gasteiger partial charge in [-0.2, -0.15) is 0 Å². The van der Waals surface area contributed by atoms with Crippen molar-refractivity contribution in [2.45, 2.75) is 31.3 Å². The first-order chi connectivity index (χ1) is 17.9. The standard InChI is InChI=1S/C29H28ClN3O4/c1-37-20-8-9-21(27-28-22(11-12-31-27)23-16-19(30)7-10-24(23)33-28)18(14-20)15-26(34)32-25(29(35)36)13-17-5-3-2-4-6-17/h2-10,14,16,25,27,31,33H,11-13,15H2,1H3,(H,32,34)(H,35,36)/t25-,27-/m0/s1. The third-order valence-electron chi connectivity index (χ3n) is 6.84. The lowest BCUT2D eigenvalue weighted by atomic mass is 9.90.